The standard InChI is InChI=1S/C13H15NOS/c15-9-13(12-6-7-16-10-12)14-8-11-4-2-1-3-5-11/h1-7,10,13-15H,8-9H2. The molecule has 0 spiro atoms. The van der Waals surface area contributed by atoms with Gasteiger partial charge in [0, 0.05) is 6.54 Å². The van der Waals surface area contributed by atoms with Gasteiger partial charge in [0.15, 0.2) is 0 Å². The van der Waals surface area contributed by atoms with E-state index in [-0.39, 0.29) is 12.6 Å². The molecule has 1 heterocycles. The molecule has 16 heavy (non-hydrogen) atoms. The van der Waals surface area contributed by atoms with Crippen LogP contribution in [0.1, 0.15) is 17.2 Å². The predicted molar refractivity (Wildman–Crippen MR) is 67.4 cm³/mol. The summed E-state index contributed by atoms with van der Waals surface area (Å²) >= 11 is 1.65. The largest absolute Gasteiger partial charge is 0.394 e. The fourth-order valence-corrected chi connectivity index (χ4v) is 2.31. The van der Waals surface area contributed by atoms with Crippen LogP contribution in [0.3, 0.4) is 0 Å². The summed E-state index contributed by atoms with van der Waals surface area (Å²) in [4.78, 5) is 0. The molecule has 0 saturated carbocycles. The van der Waals surface area contributed by atoms with Gasteiger partial charge in [0.2, 0.25) is 0 Å². The average Bonchev–Trinajstić information content (AvgIpc) is 2.85. The van der Waals surface area contributed by atoms with Crippen LogP contribution in [0.5, 0.6) is 0 Å². The van der Waals surface area contributed by atoms with Gasteiger partial charge in [-0.05, 0) is 28.0 Å². The number of hydrogen-bond donors (Lipinski definition) is 2. The number of benzene rings is 1. The molecule has 0 radical (unpaired) electrons. The zero-order valence-corrected chi connectivity index (χ0v) is 9.78. The van der Waals surface area contributed by atoms with Crippen LogP contribution in [0.2, 0.25) is 0 Å². The third-order valence-corrected chi connectivity index (χ3v) is 3.23. The fourth-order valence-electron chi connectivity index (χ4n) is 1.60. The van der Waals surface area contributed by atoms with Gasteiger partial charge in [-0.3, -0.25) is 0 Å². The van der Waals surface area contributed by atoms with Crippen LogP contribution < -0.4 is 5.32 Å². The summed E-state index contributed by atoms with van der Waals surface area (Å²) < 4.78 is 0. The van der Waals surface area contributed by atoms with Crippen LogP contribution in [0.25, 0.3) is 0 Å². The summed E-state index contributed by atoms with van der Waals surface area (Å²) in [5.74, 6) is 0. The molecule has 0 amide bonds. The van der Waals surface area contributed by atoms with Crippen molar-refractivity contribution in [1.82, 2.24) is 5.32 Å². The van der Waals surface area contributed by atoms with Gasteiger partial charge < -0.3 is 10.4 Å². The highest BCUT2D eigenvalue weighted by Gasteiger charge is 2.09. The number of aliphatic hydroxyl groups is 1. The van der Waals surface area contributed by atoms with E-state index in [9.17, 15) is 5.11 Å². The van der Waals surface area contributed by atoms with Crippen molar-refractivity contribution in [3.63, 3.8) is 0 Å². The first kappa shape index (κ1) is 11.3. The van der Waals surface area contributed by atoms with Crippen molar-refractivity contribution >= 4 is 11.3 Å². The van der Waals surface area contributed by atoms with E-state index >= 15 is 0 Å². The highest BCUT2D eigenvalue weighted by molar-refractivity contribution is 7.07. The van der Waals surface area contributed by atoms with Crippen LogP contribution >= 0.6 is 11.3 Å². The second kappa shape index (κ2) is 5.80. The molecule has 2 aromatic rings. The van der Waals surface area contributed by atoms with Gasteiger partial charge in [-0.25, -0.2) is 0 Å². The molecule has 2 nitrogen and oxygen atoms in total. The zero-order chi connectivity index (χ0) is 11.2. The lowest BCUT2D eigenvalue weighted by Crippen LogP contribution is -2.23. The van der Waals surface area contributed by atoms with Crippen molar-refractivity contribution in [3.05, 3.63) is 58.3 Å². The highest BCUT2D eigenvalue weighted by atomic mass is 32.1. The minimum absolute atomic E-state index is 0.0338. The van der Waals surface area contributed by atoms with E-state index in [1.165, 1.54) is 5.56 Å². The topological polar surface area (TPSA) is 32.3 Å². The first-order chi connectivity index (χ1) is 7.90. The molecule has 0 bridgehead atoms. The van der Waals surface area contributed by atoms with Crippen molar-refractivity contribution < 1.29 is 5.11 Å². The summed E-state index contributed by atoms with van der Waals surface area (Å²) in [6.45, 7) is 0.908. The van der Waals surface area contributed by atoms with Crippen molar-refractivity contribution in [3.8, 4) is 0 Å². The molecule has 1 aromatic carbocycles. The Morgan fingerprint density at radius 3 is 2.62 bits per heavy atom. The molecule has 84 valence electrons. The Morgan fingerprint density at radius 2 is 2.00 bits per heavy atom. The molecule has 1 atom stereocenters. The van der Waals surface area contributed by atoms with Gasteiger partial charge in [0.05, 0.1) is 12.6 Å². The van der Waals surface area contributed by atoms with E-state index in [2.05, 4.69) is 22.8 Å². The van der Waals surface area contributed by atoms with Crippen LogP contribution in [0.4, 0.5) is 0 Å². The summed E-state index contributed by atoms with van der Waals surface area (Å²) in [5, 5.41) is 16.8. The SMILES string of the molecule is OCC(NCc1ccccc1)c1ccsc1. The number of rotatable bonds is 5. The third-order valence-electron chi connectivity index (χ3n) is 2.52. The second-order valence-corrected chi connectivity index (χ2v) is 4.44. The van der Waals surface area contributed by atoms with Crippen LogP contribution in [0, 0.1) is 0 Å². The molecule has 2 N–H and O–H groups in total. The van der Waals surface area contributed by atoms with Gasteiger partial charge in [-0.15, -0.1) is 0 Å². The van der Waals surface area contributed by atoms with Crippen molar-refractivity contribution in [1.29, 1.82) is 0 Å². The lowest BCUT2D eigenvalue weighted by atomic mass is 10.1. The van der Waals surface area contributed by atoms with Crippen molar-refractivity contribution in [2.45, 2.75) is 12.6 Å². The number of hydrogen-bond acceptors (Lipinski definition) is 3. The third kappa shape index (κ3) is 2.92. The molecular weight excluding hydrogens is 218 g/mol. The molecule has 0 aliphatic rings. The normalized spacial score (nSPS) is 12.6. The minimum Gasteiger partial charge on any atom is -0.394 e. The lowest BCUT2D eigenvalue weighted by Gasteiger charge is -2.14. The monoisotopic (exact) mass is 233 g/mol. The van der Waals surface area contributed by atoms with Crippen LogP contribution in [-0.2, 0) is 6.54 Å². The van der Waals surface area contributed by atoms with Crippen molar-refractivity contribution in [2.24, 2.45) is 0 Å². The van der Waals surface area contributed by atoms with E-state index in [0.29, 0.717) is 0 Å². The van der Waals surface area contributed by atoms with Gasteiger partial charge in [-0.2, -0.15) is 11.3 Å². The summed E-state index contributed by atoms with van der Waals surface area (Å²) in [6, 6.07) is 12.3. The highest BCUT2D eigenvalue weighted by Crippen LogP contribution is 2.16. The molecule has 1 unspecified atom stereocenters. The first-order valence-corrected chi connectivity index (χ1v) is 6.24. The first-order valence-electron chi connectivity index (χ1n) is 5.30. The molecule has 2 rings (SSSR count). The minimum atomic E-state index is 0.0338. The summed E-state index contributed by atoms with van der Waals surface area (Å²) in [5.41, 5.74) is 2.39. The molecule has 0 fully saturated rings. The van der Waals surface area contributed by atoms with Gasteiger partial charge in [-0.1, -0.05) is 30.3 Å². The maximum absolute atomic E-state index is 9.32. The van der Waals surface area contributed by atoms with E-state index < -0.39 is 0 Å². The van der Waals surface area contributed by atoms with Crippen molar-refractivity contribution in [2.75, 3.05) is 6.61 Å². The quantitative estimate of drug-likeness (QED) is 0.832. The Kier molecular flexibility index (Phi) is 4.10. The van der Waals surface area contributed by atoms with Gasteiger partial charge >= 0.3 is 0 Å². The smallest absolute Gasteiger partial charge is 0.0626 e. The molecule has 0 saturated heterocycles. The number of thiophene rings is 1. The number of aliphatic hydroxyl groups excluding tert-OH is 1. The van der Waals surface area contributed by atoms with Gasteiger partial charge in [0.1, 0.15) is 0 Å². The Morgan fingerprint density at radius 1 is 1.19 bits per heavy atom. The van der Waals surface area contributed by atoms with Crippen LogP contribution in [-0.4, -0.2) is 11.7 Å². The number of nitrogens with one attached hydrogen (secondary N) is 1. The average molecular weight is 233 g/mol. The Bertz CT molecular complexity index is 399. The van der Waals surface area contributed by atoms with E-state index in [1.54, 1.807) is 11.3 Å². The molecule has 0 aliphatic carbocycles. The molecule has 1 aromatic heterocycles. The van der Waals surface area contributed by atoms with E-state index in [0.717, 1.165) is 12.1 Å². The fraction of sp³-hybridized carbons (Fsp3) is 0.231. The Labute approximate surface area is 99.6 Å². The van der Waals surface area contributed by atoms with Crippen LogP contribution in [0.15, 0.2) is 47.2 Å². The maximum atomic E-state index is 9.32. The van der Waals surface area contributed by atoms with E-state index in [4.69, 9.17) is 0 Å². The zero-order valence-electron chi connectivity index (χ0n) is 8.97. The van der Waals surface area contributed by atoms with Gasteiger partial charge in [0.25, 0.3) is 0 Å². The Hall–Kier alpha value is -1.16. The summed E-state index contributed by atoms with van der Waals surface area (Å²) in [6.07, 6.45) is 0. The lowest BCUT2D eigenvalue weighted by molar-refractivity contribution is 0.244. The maximum Gasteiger partial charge on any atom is 0.0626 e. The summed E-state index contributed by atoms with van der Waals surface area (Å²) in [7, 11) is 0. The second-order valence-electron chi connectivity index (χ2n) is 3.66. The Balaban J connectivity index is 1.94. The predicted octanol–water partition coefficient (Wildman–Crippen LogP) is 2.57. The molecule has 3 heteroatoms. The van der Waals surface area contributed by atoms with E-state index in [1.807, 2.05) is 29.6 Å². The molecule has 0 aliphatic heterocycles. The molecular formula is C13H15NOS.